The second kappa shape index (κ2) is 5.74. The first-order valence-electron chi connectivity index (χ1n) is 7.08. The molecule has 1 aromatic heterocycles. The van der Waals surface area contributed by atoms with Crippen LogP contribution in [-0.2, 0) is 0 Å². The van der Waals surface area contributed by atoms with Gasteiger partial charge in [0, 0.05) is 28.9 Å². The Morgan fingerprint density at radius 2 is 2.05 bits per heavy atom. The Bertz CT molecular complexity index is 504. The molecule has 2 atom stereocenters. The number of benzene rings is 1. The highest BCUT2D eigenvalue weighted by atomic mass is 32.1. The van der Waals surface area contributed by atoms with Gasteiger partial charge in [0.05, 0.1) is 0 Å². The third-order valence-corrected chi connectivity index (χ3v) is 4.69. The predicted molar refractivity (Wildman–Crippen MR) is 82.6 cm³/mol. The molecule has 2 aromatic rings. The second-order valence-electron chi connectivity index (χ2n) is 5.53. The van der Waals surface area contributed by atoms with Crippen LogP contribution < -0.4 is 5.32 Å². The third kappa shape index (κ3) is 3.16. The second-order valence-corrected chi connectivity index (χ2v) is 6.42. The summed E-state index contributed by atoms with van der Waals surface area (Å²) in [6.07, 6.45) is 7.21. The lowest BCUT2D eigenvalue weighted by Crippen LogP contribution is -2.26. The Morgan fingerprint density at radius 3 is 2.74 bits per heavy atom. The number of hydrogen-bond donors (Lipinski definition) is 1. The highest BCUT2D eigenvalue weighted by molar-refractivity contribution is 7.13. The van der Waals surface area contributed by atoms with Gasteiger partial charge >= 0.3 is 0 Å². The predicted octanol–water partition coefficient (Wildman–Crippen LogP) is 4.80. The zero-order chi connectivity index (χ0) is 13.1. The van der Waals surface area contributed by atoms with E-state index in [9.17, 15) is 0 Å². The van der Waals surface area contributed by atoms with Crippen LogP contribution >= 0.6 is 11.3 Å². The normalized spacial score (nSPS) is 23.2. The van der Waals surface area contributed by atoms with Gasteiger partial charge in [0.1, 0.15) is 5.01 Å². The molecule has 1 fully saturated rings. The summed E-state index contributed by atoms with van der Waals surface area (Å²) in [4.78, 5) is 4.34. The molecule has 1 saturated carbocycles. The number of rotatable bonds is 3. The van der Waals surface area contributed by atoms with E-state index in [1.165, 1.54) is 36.9 Å². The SMILES string of the molecule is CC1CCCC(Nc2ccc(-c3nccs3)cc2)C1. The largest absolute Gasteiger partial charge is 0.382 e. The monoisotopic (exact) mass is 272 g/mol. The van der Waals surface area contributed by atoms with E-state index in [0.717, 1.165) is 10.9 Å². The van der Waals surface area contributed by atoms with Gasteiger partial charge in [-0.1, -0.05) is 19.8 Å². The van der Waals surface area contributed by atoms with E-state index in [2.05, 4.69) is 41.5 Å². The molecule has 1 heterocycles. The quantitative estimate of drug-likeness (QED) is 0.868. The molecule has 2 nitrogen and oxygen atoms in total. The van der Waals surface area contributed by atoms with Gasteiger partial charge in [-0.2, -0.15) is 0 Å². The molecule has 0 radical (unpaired) electrons. The average molecular weight is 272 g/mol. The molecule has 2 unspecified atom stereocenters. The van der Waals surface area contributed by atoms with E-state index < -0.39 is 0 Å². The minimum Gasteiger partial charge on any atom is -0.382 e. The zero-order valence-corrected chi connectivity index (χ0v) is 12.1. The summed E-state index contributed by atoms with van der Waals surface area (Å²) in [5.74, 6) is 0.862. The van der Waals surface area contributed by atoms with E-state index in [1.54, 1.807) is 11.3 Å². The molecule has 19 heavy (non-hydrogen) atoms. The first kappa shape index (κ1) is 12.7. The van der Waals surface area contributed by atoms with Crippen molar-refractivity contribution >= 4 is 17.0 Å². The molecule has 1 aliphatic rings. The summed E-state index contributed by atoms with van der Waals surface area (Å²) in [5.41, 5.74) is 2.44. The van der Waals surface area contributed by atoms with Crippen molar-refractivity contribution in [3.63, 3.8) is 0 Å². The van der Waals surface area contributed by atoms with E-state index >= 15 is 0 Å². The molecule has 0 spiro atoms. The van der Waals surface area contributed by atoms with Gasteiger partial charge < -0.3 is 5.32 Å². The molecule has 1 aromatic carbocycles. The van der Waals surface area contributed by atoms with Gasteiger partial charge in [-0.05, 0) is 43.0 Å². The average Bonchev–Trinajstić information content (AvgIpc) is 2.94. The van der Waals surface area contributed by atoms with Crippen LogP contribution in [0.5, 0.6) is 0 Å². The molecule has 100 valence electrons. The number of anilines is 1. The molecule has 3 heteroatoms. The van der Waals surface area contributed by atoms with Crippen molar-refractivity contribution < 1.29 is 0 Å². The van der Waals surface area contributed by atoms with Crippen LogP contribution in [0.3, 0.4) is 0 Å². The number of hydrogen-bond acceptors (Lipinski definition) is 3. The Balaban J connectivity index is 1.66. The number of aromatic nitrogens is 1. The van der Waals surface area contributed by atoms with Crippen molar-refractivity contribution in [2.24, 2.45) is 5.92 Å². The van der Waals surface area contributed by atoms with Crippen molar-refractivity contribution in [1.29, 1.82) is 0 Å². The van der Waals surface area contributed by atoms with E-state index in [1.807, 2.05) is 11.6 Å². The molecule has 1 aliphatic carbocycles. The summed E-state index contributed by atoms with van der Waals surface area (Å²) in [6, 6.07) is 9.32. The summed E-state index contributed by atoms with van der Waals surface area (Å²) in [5, 5.41) is 6.78. The van der Waals surface area contributed by atoms with Crippen molar-refractivity contribution in [2.45, 2.75) is 38.6 Å². The Hall–Kier alpha value is -1.35. The summed E-state index contributed by atoms with van der Waals surface area (Å²) < 4.78 is 0. The van der Waals surface area contributed by atoms with Gasteiger partial charge in [-0.15, -0.1) is 11.3 Å². The van der Waals surface area contributed by atoms with Crippen LogP contribution in [0.2, 0.25) is 0 Å². The van der Waals surface area contributed by atoms with Crippen molar-refractivity contribution in [3.8, 4) is 10.6 Å². The van der Waals surface area contributed by atoms with Crippen molar-refractivity contribution in [1.82, 2.24) is 4.98 Å². The van der Waals surface area contributed by atoms with Crippen LogP contribution in [0.15, 0.2) is 35.8 Å². The van der Waals surface area contributed by atoms with Crippen LogP contribution in [0.1, 0.15) is 32.6 Å². The maximum absolute atomic E-state index is 4.34. The number of nitrogens with one attached hydrogen (secondary N) is 1. The highest BCUT2D eigenvalue weighted by Crippen LogP contribution is 2.27. The maximum Gasteiger partial charge on any atom is 0.123 e. The van der Waals surface area contributed by atoms with Crippen LogP contribution in [0.4, 0.5) is 5.69 Å². The van der Waals surface area contributed by atoms with Crippen LogP contribution in [-0.4, -0.2) is 11.0 Å². The van der Waals surface area contributed by atoms with E-state index in [-0.39, 0.29) is 0 Å². The number of thiazole rings is 1. The fourth-order valence-electron chi connectivity index (χ4n) is 2.88. The number of nitrogens with zero attached hydrogens (tertiary/aromatic N) is 1. The smallest absolute Gasteiger partial charge is 0.123 e. The Morgan fingerprint density at radius 1 is 1.21 bits per heavy atom. The van der Waals surface area contributed by atoms with Crippen LogP contribution in [0.25, 0.3) is 10.6 Å². The standard InChI is InChI=1S/C16H20N2S/c1-12-3-2-4-15(11-12)18-14-7-5-13(6-8-14)16-17-9-10-19-16/h5-10,12,15,18H,2-4,11H2,1H3. The Labute approximate surface area is 118 Å². The molecule has 0 amide bonds. The lowest BCUT2D eigenvalue weighted by atomic mass is 9.87. The summed E-state index contributed by atoms with van der Waals surface area (Å²) >= 11 is 1.69. The molecular formula is C16H20N2S. The van der Waals surface area contributed by atoms with Gasteiger partial charge in [-0.3, -0.25) is 0 Å². The van der Waals surface area contributed by atoms with Crippen molar-refractivity contribution in [2.75, 3.05) is 5.32 Å². The third-order valence-electron chi connectivity index (χ3n) is 3.87. The van der Waals surface area contributed by atoms with E-state index in [0.29, 0.717) is 6.04 Å². The maximum atomic E-state index is 4.34. The van der Waals surface area contributed by atoms with Gasteiger partial charge in [0.2, 0.25) is 0 Å². The fraction of sp³-hybridized carbons (Fsp3) is 0.438. The lowest BCUT2D eigenvalue weighted by molar-refractivity contribution is 0.358. The van der Waals surface area contributed by atoms with Gasteiger partial charge in [0.15, 0.2) is 0 Å². The first-order valence-corrected chi connectivity index (χ1v) is 7.96. The highest BCUT2D eigenvalue weighted by Gasteiger charge is 2.18. The lowest BCUT2D eigenvalue weighted by Gasteiger charge is -2.28. The molecular weight excluding hydrogens is 252 g/mol. The molecule has 0 aliphatic heterocycles. The van der Waals surface area contributed by atoms with E-state index in [4.69, 9.17) is 0 Å². The van der Waals surface area contributed by atoms with Gasteiger partial charge in [-0.25, -0.2) is 4.98 Å². The zero-order valence-electron chi connectivity index (χ0n) is 11.3. The minimum absolute atomic E-state index is 0.648. The molecule has 3 rings (SSSR count). The summed E-state index contributed by atoms with van der Waals surface area (Å²) in [7, 11) is 0. The van der Waals surface area contributed by atoms with Crippen molar-refractivity contribution in [3.05, 3.63) is 35.8 Å². The molecule has 0 saturated heterocycles. The first-order chi connectivity index (χ1) is 9.31. The minimum atomic E-state index is 0.648. The molecule has 1 N–H and O–H groups in total. The molecule has 0 bridgehead atoms. The van der Waals surface area contributed by atoms with Crippen LogP contribution in [0, 0.1) is 5.92 Å². The fourth-order valence-corrected chi connectivity index (χ4v) is 3.52. The Kier molecular flexibility index (Phi) is 3.83. The topological polar surface area (TPSA) is 24.9 Å². The van der Waals surface area contributed by atoms with Gasteiger partial charge in [0.25, 0.3) is 0 Å². The summed E-state index contributed by atoms with van der Waals surface area (Å²) in [6.45, 7) is 2.36.